The summed E-state index contributed by atoms with van der Waals surface area (Å²) in [4.78, 5) is 12.1. The van der Waals surface area contributed by atoms with E-state index in [4.69, 9.17) is 19.3 Å². The zero-order valence-corrected chi connectivity index (χ0v) is 11.0. The summed E-state index contributed by atoms with van der Waals surface area (Å²) in [5, 5.41) is 9.07. The summed E-state index contributed by atoms with van der Waals surface area (Å²) in [5.74, 6) is 0. The molecule has 0 aromatic carbocycles. The lowest BCUT2D eigenvalue weighted by Crippen LogP contribution is -2.42. The molecule has 2 saturated heterocycles. The first-order valence-corrected chi connectivity index (χ1v) is 6.53. The number of amides is 1. The van der Waals surface area contributed by atoms with Gasteiger partial charge in [-0.2, -0.15) is 0 Å². The Morgan fingerprint density at radius 1 is 1.53 bits per heavy atom. The molecule has 0 aromatic heterocycles. The molecule has 2 aliphatic rings. The van der Waals surface area contributed by atoms with E-state index in [0.29, 0.717) is 6.61 Å². The van der Waals surface area contributed by atoms with Crippen LogP contribution in [0, 0.1) is 0 Å². The molecule has 4 atom stereocenters. The Bertz CT molecular complexity index is 310. The maximum absolute atomic E-state index is 14.1. The Kier molecular flexibility index (Phi) is 4.95. The third kappa shape index (κ3) is 3.34. The van der Waals surface area contributed by atoms with Crippen LogP contribution in [0.1, 0.15) is 19.3 Å². The van der Waals surface area contributed by atoms with Gasteiger partial charge < -0.3 is 19.3 Å². The zero-order valence-electron chi connectivity index (χ0n) is 11.0. The van der Waals surface area contributed by atoms with Gasteiger partial charge in [-0.15, -0.1) is 0 Å². The molecule has 19 heavy (non-hydrogen) atoms. The van der Waals surface area contributed by atoms with Crippen molar-refractivity contribution in [1.29, 1.82) is 0 Å². The predicted octanol–water partition coefficient (Wildman–Crippen LogP) is 1.24. The molecule has 2 rings (SSSR count). The number of rotatable bonds is 4. The van der Waals surface area contributed by atoms with Crippen molar-refractivity contribution >= 4 is 6.09 Å². The number of hydrogen-bond donors (Lipinski definition) is 1. The lowest BCUT2D eigenvalue weighted by atomic mass is 10.1. The van der Waals surface area contributed by atoms with Crippen molar-refractivity contribution in [2.75, 3.05) is 26.9 Å². The SMILES string of the molecule is COC1CN(C(=O)O)C(COC2CCCCO2)C1F. The van der Waals surface area contributed by atoms with Crippen molar-refractivity contribution in [3.63, 3.8) is 0 Å². The van der Waals surface area contributed by atoms with Crippen molar-refractivity contribution in [3.05, 3.63) is 0 Å². The minimum atomic E-state index is -1.37. The minimum Gasteiger partial charge on any atom is -0.465 e. The first-order valence-electron chi connectivity index (χ1n) is 6.53. The molecule has 6 nitrogen and oxygen atoms in total. The number of alkyl halides is 1. The molecule has 1 N–H and O–H groups in total. The van der Waals surface area contributed by atoms with Gasteiger partial charge >= 0.3 is 6.09 Å². The van der Waals surface area contributed by atoms with E-state index in [9.17, 15) is 9.18 Å². The van der Waals surface area contributed by atoms with Crippen LogP contribution in [0.3, 0.4) is 0 Å². The third-order valence-corrected chi connectivity index (χ3v) is 3.64. The van der Waals surface area contributed by atoms with Crippen LogP contribution in [-0.2, 0) is 14.2 Å². The van der Waals surface area contributed by atoms with E-state index in [1.807, 2.05) is 0 Å². The number of likely N-dealkylation sites (tertiary alicyclic amines) is 1. The number of ether oxygens (including phenoxy) is 3. The molecule has 0 aliphatic carbocycles. The molecule has 110 valence electrons. The van der Waals surface area contributed by atoms with Crippen molar-refractivity contribution in [2.24, 2.45) is 0 Å². The van der Waals surface area contributed by atoms with Crippen LogP contribution >= 0.6 is 0 Å². The highest BCUT2D eigenvalue weighted by molar-refractivity contribution is 5.66. The molecule has 2 aliphatic heterocycles. The Balaban J connectivity index is 1.89. The van der Waals surface area contributed by atoms with Gasteiger partial charge in [-0.1, -0.05) is 0 Å². The number of carboxylic acid groups (broad SMARTS) is 1. The van der Waals surface area contributed by atoms with Crippen molar-refractivity contribution in [3.8, 4) is 0 Å². The highest BCUT2D eigenvalue weighted by atomic mass is 19.1. The zero-order chi connectivity index (χ0) is 13.8. The van der Waals surface area contributed by atoms with Gasteiger partial charge in [0.2, 0.25) is 0 Å². The molecule has 0 spiro atoms. The molecule has 0 aromatic rings. The number of nitrogens with zero attached hydrogens (tertiary/aromatic N) is 1. The number of carbonyl (C=O) groups is 1. The van der Waals surface area contributed by atoms with E-state index in [1.54, 1.807) is 0 Å². The monoisotopic (exact) mass is 277 g/mol. The van der Waals surface area contributed by atoms with Crippen LogP contribution in [-0.4, -0.2) is 67.6 Å². The lowest BCUT2D eigenvalue weighted by Gasteiger charge is -2.27. The minimum absolute atomic E-state index is 0.00199. The molecule has 7 heteroatoms. The Morgan fingerprint density at radius 3 is 2.89 bits per heavy atom. The fraction of sp³-hybridized carbons (Fsp3) is 0.917. The first kappa shape index (κ1) is 14.5. The van der Waals surface area contributed by atoms with Crippen LogP contribution in [0.15, 0.2) is 0 Å². The van der Waals surface area contributed by atoms with Crippen LogP contribution < -0.4 is 0 Å². The van der Waals surface area contributed by atoms with Crippen molar-refractivity contribution in [1.82, 2.24) is 4.90 Å². The average Bonchev–Trinajstić information content (AvgIpc) is 2.74. The molecule has 1 amide bonds. The molecule has 0 bridgehead atoms. The van der Waals surface area contributed by atoms with Crippen LogP contribution in [0.4, 0.5) is 9.18 Å². The summed E-state index contributed by atoms with van der Waals surface area (Å²) in [5.41, 5.74) is 0. The van der Waals surface area contributed by atoms with Gasteiger partial charge in [0, 0.05) is 13.7 Å². The largest absolute Gasteiger partial charge is 0.465 e. The van der Waals surface area contributed by atoms with E-state index in [1.165, 1.54) is 7.11 Å². The molecule has 4 unspecified atom stereocenters. The van der Waals surface area contributed by atoms with Gasteiger partial charge in [-0.05, 0) is 19.3 Å². The van der Waals surface area contributed by atoms with Gasteiger partial charge in [0.1, 0.15) is 6.10 Å². The summed E-state index contributed by atoms with van der Waals surface area (Å²) in [7, 11) is 1.38. The Morgan fingerprint density at radius 2 is 2.32 bits per heavy atom. The smallest absolute Gasteiger partial charge is 0.407 e. The first-order chi connectivity index (χ1) is 9.13. The van der Waals surface area contributed by atoms with Gasteiger partial charge in [-0.3, -0.25) is 4.90 Å². The van der Waals surface area contributed by atoms with Crippen LogP contribution in [0.25, 0.3) is 0 Å². The normalized spacial score (nSPS) is 35.6. The van der Waals surface area contributed by atoms with E-state index in [0.717, 1.165) is 24.2 Å². The summed E-state index contributed by atoms with van der Waals surface area (Å²) >= 11 is 0. The van der Waals surface area contributed by atoms with Crippen LogP contribution in [0.5, 0.6) is 0 Å². The number of hydrogen-bond acceptors (Lipinski definition) is 4. The fourth-order valence-corrected chi connectivity index (χ4v) is 2.50. The van der Waals surface area contributed by atoms with Crippen molar-refractivity contribution in [2.45, 2.75) is 43.9 Å². The topological polar surface area (TPSA) is 68.2 Å². The Hall–Kier alpha value is -0.920. The Labute approximate surface area is 111 Å². The molecular formula is C12H20FNO5. The van der Waals surface area contributed by atoms with Gasteiger partial charge in [0.05, 0.1) is 19.2 Å². The molecule has 2 heterocycles. The lowest BCUT2D eigenvalue weighted by molar-refractivity contribution is -0.171. The quantitative estimate of drug-likeness (QED) is 0.837. The van der Waals surface area contributed by atoms with Crippen LogP contribution in [0.2, 0.25) is 0 Å². The molecule has 0 radical (unpaired) electrons. The molecule has 0 saturated carbocycles. The third-order valence-electron chi connectivity index (χ3n) is 3.64. The second-order valence-corrected chi connectivity index (χ2v) is 4.85. The molecular weight excluding hydrogens is 257 g/mol. The summed E-state index contributed by atoms with van der Waals surface area (Å²) in [6, 6.07) is -0.826. The number of halogens is 1. The second kappa shape index (κ2) is 6.49. The van der Waals surface area contributed by atoms with Gasteiger partial charge in [0.15, 0.2) is 12.5 Å². The predicted molar refractivity (Wildman–Crippen MR) is 63.8 cm³/mol. The van der Waals surface area contributed by atoms with E-state index >= 15 is 0 Å². The van der Waals surface area contributed by atoms with E-state index in [-0.39, 0.29) is 19.4 Å². The van der Waals surface area contributed by atoms with Crippen molar-refractivity contribution < 1.29 is 28.5 Å². The second-order valence-electron chi connectivity index (χ2n) is 4.85. The summed E-state index contributed by atoms with van der Waals surface area (Å²) in [6.45, 7) is 0.669. The summed E-state index contributed by atoms with van der Waals surface area (Å²) in [6.07, 6.45) is -0.815. The fourth-order valence-electron chi connectivity index (χ4n) is 2.50. The highest BCUT2D eigenvalue weighted by Gasteiger charge is 2.45. The maximum Gasteiger partial charge on any atom is 0.407 e. The summed E-state index contributed by atoms with van der Waals surface area (Å²) < 4.78 is 29.9. The van der Waals surface area contributed by atoms with E-state index in [2.05, 4.69) is 0 Å². The van der Waals surface area contributed by atoms with Gasteiger partial charge in [-0.25, -0.2) is 9.18 Å². The standard InChI is InChI=1S/C12H20FNO5/c1-17-9-6-14(12(15)16)8(11(9)13)7-19-10-4-2-3-5-18-10/h8-11H,2-7H2,1H3,(H,15,16). The maximum atomic E-state index is 14.1. The average molecular weight is 277 g/mol. The van der Waals surface area contributed by atoms with Gasteiger partial charge in [0.25, 0.3) is 0 Å². The molecule has 2 fully saturated rings. The van der Waals surface area contributed by atoms with E-state index < -0.39 is 24.4 Å². The highest BCUT2D eigenvalue weighted by Crippen LogP contribution is 2.25. The number of methoxy groups -OCH3 is 1.